The monoisotopic (exact) mass is 282 g/mol. The molecule has 1 rings (SSSR count). The molecule has 2 N–H and O–H groups in total. The van der Waals surface area contributed by atoms with Crippen molar-refractivity contribution >= 4 is 0 Å². The van der Waals surface area contributed by atoms with Crippen molar-refractivity contribution < 1.29 is 0 Å². The van der Waals surface area contributed by atoms with Crippen molar-refractivity contribution in [3.05, 3.63) is 0 Å². The molecule has 2 nitrogen and oxygen atoms in total. The highest BCUT2D eigenvalue weighted by Gasteiger charge is 2.37. The molecule has 1 fully saturated rings. The van der Waals surface area contributed by atoms with Gasteiger partial charge >= 0.3 is 0 Å². The maximum atomic E-state index is 6.23. The summed E-state index contributed by atoms with van der Waals surface area (Å²) in [6, 6.07) is 0.636. The number of nitrogens with zero attached hydrogens (tertiary/aromatic N) is 1. The van der Waals surface area contributed by atoms with Gasteiger partial charge in [0.05, 0.1) is 0 Å². The molecule has 0 aliphatic carbocycles. The Morgan fingerprint density at radius 3 is 2.05 bits per heavy atom. The van der Waals surface area contributed by atoms with Crippen LogP contribution in [0.25, 0.3) is 0 Å². The Kier molecular flexibility index (Phi) is 8.79. The van der Waals surface area contributed by atoms with Crippen LogP contribution in [0, 0.1) is 5.41 Å². The Balaban J connectivity index is 2.60. The van der Waals surface area contributed by atoms with Gasteiger partial charge in [-0.3, -0.25) is 5.84 Å². The third-order valence-electron chi connectivity index (χ3n) is 5.28. The van der Waals surface area contributed by atoms with Crippen molar-refractivity contribution in [1.82, 2.24) is 5.01 Å². The van der Waals surface area contributed by atoms with Gasteiger partial charge in [-0.05, 0) is 37.5 Å². The van der Waals surface area contributed by atoms with Gasteiger partial charge < -0.3 is 0 Å². The van der Waals surface area contributed by atoms with E-state index >= 15 is 0 Å². The van der Waals surface area contributed by atoms with Crippen molar-refractivity contribution in [2.24, 2.45) is 11.3 Å². The molecule has 120 valence electrons. The fourth-order valence-electron chi connectivity index (χ4n) is 3.95. The van der Waals surface area contributed by atoms with E-state index in [0.29, 0.717) is 11.5 Å². The summed E-state index contributed by atoms with van der Waals surface area (Å²) >= 11 is 0. The summed E-state index contributed by atoms with van der Waals surface area (Å²) in [7, 11) is 0. The molecule has 1 atom stereocenters. The summed E-state index contributed by atoms with van der Waals surface area (Å²) in [5, 5.41) is 2.14. The molecule has 1 unspecified atom stereocenters. The minimum atomic E-state index is 0.611. The highest BCUT2D eigenvalue weighted by atomic mass is 15.4. The highest BCUT2D eigenvalue weighted by molar-refractivity contribution is 4.90. The van der Waals surface area contributed by atoms with Crippen molar-refractivity contribution in [2.75, 3.05) is 6.54 Å². The van der Waals surface area contributed by atoms with E-state index in [0.717, 1.165) is 6.54 Å². The fraction of sp³-hybridized carbons (Fsp3) is 1.00. The second-order valence-corrected chi connectivity index (χ2v) is 7.05. The van der Waals surface area contributed by atoms with Gasteiger partial charge in [0.25, 0.3) is 0 Å². The van der Waals surface area contributed by atoms with E-state index in [1.165, 1.54) is 77.0 Å². The van der Waals surface area contributed by atoms with E-state index in [2.05, 4.69) is 25.8 Å². The molecule has 0 amide bonds. The third-order valence-corrected chi connectivity index (χ3v) is 5.28. The second-order valence-electron chi connectivity index (χ2n) is 7.05. The van der Waals surface area contributed by atoms with E-state index < -0.39 is 0 Å². The first-order chi connectivity index (χ1) is 9.67. The molecule has 0 aromatic rings. The van der Waals surface area contributed by atoms with Crippen LogP contribution in [0.2, 0.25) is 0 Å². The SMILES string of the molecule is CCCCCC1(CCCCC)CCN(N)C(CCC)C1. The molecule has 0 radical (unpaired) electrons. The Hall–Kier alpha value is -0.0800. The predicted octanol–water partition coefficient (Wildman–Crippen LogP) is 5.27. The summed E-state index contributed by atoms with van der Waals surface area (Å²) in [6.45, 7) is 8.03. The molecule has 1 aliphatic heterocycles. The summed E-state index contributed by atoms with van der Waals surface area (Å²) in [4.78, 5) is 0. The van der Waals surface area contributed by atoms with Crippen molar-refractivity contribution in [3.63, 3.8) is 0 Å². The lowest BCUT2D eigenvalue weighted by Crippen LogP contribution is -2.50. The zero-order valence-electron chi connectivity index (χ0n) is 14.3. The molecule has 2 heteroatoms. The number of nitrogens with two attached hydrogens (primary N) is 1. The Morgan fingerprint density at radius 1 is 0.950 bits per heavy atom. The first-order valence-electron chi connectivity index (χ1n) is 9.18. The topological polar surface area (TPSA) is 29.3 Å². The molecular formula is C18H38N2. The van der Waals surface area contributed by atoms with Gasteiger partial charge in [0.2, 0.25) is 0 Å². The quantitative estimate of drug-likeness (QED) is 0.437. The van der Waals surface area contributed by atoms with Gasteiger partial charge in [0, 0.05) is 12.6 Å². The van der Waals surface area contributed by atoms with Crippen LogP contribution in [0.4, 0.5) is 0 Å². The summed E-state index contributed by atoms with van der Waals surface area (Å²) < 4.78 is 0. The number of hydrogen-bond acceptors (Lipinski definition) is 2. The van der Waals surface area contributed by atoms with Crippen LogP contribution in [0.1, 0.15) is 97.8 Å². The average Bonchev–Trinajstić information content (AvgIpc) is 2.44. The minimum Gasteiger partial charge on any atom is -0.269 e. The molecule has 20 heavy (non-hydrogen) atoms. The normalized spacial score (nSPS) is 23.1. The van der Waals surface area contributed by atoms with E-state index in [4.69, 9.17) is 5.84 Å². The van der Waals surface area contributed by atoms with E-state index in [1.807, 2.05) is 0 Å². The zero-order valence-corrected chi connectivity index (χ0v) is 14.3. The lowest BCUT2D eigenvalue weighted by molar-refractivity contribution is 0.0287. The van der Waals surface area contributed by atoms with Gasteiger partial charge in [-0.1, -0.05) is 65.7 Å². The number of hydrazine groups is 1. The maximum Gasteiger partial charge on any atom is 0.0246 e. The number of rotatable bonds is 10. The molecule has 1 heterocycles. The van der Waals surface area contributed by atoms with Crippen LogP contribution >= 0.6 is 0 Å². The fourth-order valence-corrected chi connectivity index (χ4v) is 3.95. The van der Waals surface area contributed by atoms with Crippen LogP contribution in [-0.4, -0.2) is 17.6 Å². The molecule has 0 aromatic carbocycles. The standard InChI is InChI=1S/C18H38N2/c1-4-7-9-12-18(13-10-8-5-2)14-15-20(19)17(16-18)11-6-3/h17H,4-16,19H2,1-3H3. The maximum absolute atomic E-state index is 6.23. The van der Waals surface area contributed by atoms with Gasteiger partial charge in [-0.15, -0.1) is 0 Å². The van der Waals surface area contributed by atoms with Crippen molar-refractivity contribution in [2.45, 2.75) is 104 Å². The molecule has 0 bridgehead atoms. The van der Waals surface area contributed by atoms with E-state index in [1.54, 1.807) is 0 Å². The van der Waals surface area contributed by atoms with Gasteiger partial charge in [0.1, 0.15) is 0 Å². The van der Waals surface area contributed by atoms with Crippen LogP contribution in [0.15, 0.2) is 0 Å². The van der Waals surface area contributed by atoms with E-state index in [-0.39, 0.29) is 0 Å². The first-order valence-corrected chi connectivity index (χ1v) is 9.18. The van der Waals surface area contributed by atoms with Gasteiger partial charge in [-0.25, -0.2) is 5.01 Å². The van der Waals surface area contributed by atoms with E-state index in [9.17, 15) is 0 Å². The molecule has 0 spiro atoms. The highest BCUT2D eigenvalue weighted by Crippen LogP contribution is 2.43. The Morgan fingerprint density at radius 2 is 1.55 bits per heavy atom. The zero-order chi connectivity index (χ0) is 14.8. The Bertz CT molecular complexity index is 230. The summed E-state index contributed by atoms with van der Waals surface area (Å²) in [5.41, 5.74) is 0.611. The lowest BCUT2D eigenvalue weighted by atomic mass is 9.68. The Labute approximate surface area is 127 Å². The molecule has 0 aromatic heterocycles. The smallest absolute Gasteiger partial charge is 0.0246 e. The second kappa shape index (κ2) is 9.78. The third kappa shape index (κ3) is 5.73. The minimum absolute atomic E-state index is 0.611. The van der Waals surface area contributed by atoms with Crippen LogP contribution < -0.4 is 5.84 Å². The first kappa shape index (κ1) is 18.0. The van der Waals surface area contributed by atoms with Gasteiger partial charge in [-0.2, -0.15) is 0 Å². The van der Waals surface area contributed by atoms with Crippen LogP contribution in [0.3, 0.4) is 0 Å². The molecular weight excluding hydrogens is 244 g/mol. The lowest BCUT2D eigenvalue weighted by Gasteiger charge is -2.46. The predicted molar refractivity (Wildman–Crippen MR) is 89.5 cm³/mol. The van der Waals surface area contributed by atoms with Crippen LogP contribution in [-0.2, 0) is 0 Å². The molecule has 1 aliphatic rings. The van der Waals surface area contributed by atoms with Crippen molar-refractivity contribution in [1.29, 1.82) is 0 Å². The summed E-state index contributed by atoms with van der Waals surface area (Å²) in [6.07, 6.45) is 16.4. The number of unbranched alkanes of at least 4 members (excludes halogenated alkanes) is 4. The average molecular weight is 283 g/mol. The van der Waals surface area contributed by atoms with Gasteiger partial charge in [0.15, 0.2) is 0 Å². The molecule has 0 saturated carbocycles. The summed E-state index contributed by atoms with van der Waals surface area (Å²) in [5.74, 6) is 6.23. The molecule has 1 saturated heterocycles. The number of hydrogen-bond donors (Lipinski definition) is 1. The van der Waals surface area contributed by atoms with Crippen molar-refractivity contribution in [3.8, 4) is 0 Å². The largest absolute Gasteiger partial charge is 0.269 e. The van der Waals surface area contributed by atoms with Crippen LogP contribution in [0.5, 0.6) is 0 Å². The number of piperidine rings is 1.